The fourth-order valence-corrected chi connectivity index (χ4v) is 13.3. The molecule has 0 bridgehead atoms. The summed E-state index contributed by atoms with van der Waals surface area (Å²) >= 11 is 0.416. The minimum absolute atomic E-state index is 0.416. The van der Waals surface area contributed by atoms with Crippen LogP contribution in [0.2, 0.25) is 0 Å². The summed E-state index contributed by atoms with van der Waals surface area (Å²) in [6, 6.07) is 0. The van der Waals surface area contributed by atoms with Crippen molar-refractivity contribution >= 4 is 6.21 Å². The number of alkyl halides is 2. The van der Waals surface area contributed by atoms with Gasteiger partial charge < -0.3 is 0 Å². The van der Waals surface area contributed by atoms with E-state index in [-0.39, 0.29) is 0 Å². The Morgan fingerprint density at radius 1 is 0.780 bits per heavy atom. The van der Waals surface area contributed by atoms with Gasteiger partial charge in [0.1, 0.15) is 5.70 Å². The Labute approximate surface area is 330 Å². The number of fused-ring (bicyclic) bond motifs is 5. The summed E-state index contributed by atoms with van der Waals surface area (Å²) in [7, 11) is 0. The van der Waals surface area contributed by atoms with Gasteiger partial charge >= 0.3 is 168 Å². The van der Waals surface area contributed by atoms with E-state index in [1.807, 2.05) is 95.4 Å². The second kappa shape index (κ2) is 35.5. The molecule has 7 unspecified atom stereocenters. The molecular formula is C48H95IN-. The summed E-state index contributed by atoms with van der Waals surface area (Å²) in [5, 5.41) is 0. The molecule has 0 aromatic carbocycles. The van der Waals surface area contributed by atoms with Crippen LogP contribution in [-0.4, -0.2) is 14.6 Å². The Morgan fingerprint density at radius 3 is 1.80 bits per heavy atom. The van der Waals surface area contributed by atoms with Crippen LogP contribution >= 0.6 is 0 Å². The maximum atomic E-state index is 4.42. The molecule has 1 heterocycles. The summed E-state index contributed by atoms with van der Waals surface area (Å²) in [5.74, 6) is 11.1. The predicted octanol–water partition coefficient (Wildman–Crippen LogP) is 13.4. The molecule has 4 fully saturated rings. The van der Waals surface area contributed by atoms with E-state index in [2.05, 4.69) is 71.9 Å². The van der Waals surface area contributed by atoms with Crippen molar-refractivity contribution in [2.24, 2.45) is 45.4 Å². The van der Waals surface area contributed by atoms with Crippen LogP contribution in [0, 0.1) is 52.3 Å². The molecular weight excluding hydrogens is 717 g/mol. The van der Waals surface area contributed by atoms with Crippen LogP contribution in [0.5, 0.6) is 0 Å². The SMILES string of the molecule is C/C=C(/C#CCC)N=CCC.C=C(C)C1CC[I-]C2C3CCC4C[C@@](C)(CC)CCC4C3CCC12C.CC.CC.CC.CC.CC.CCCC. The van der Waals surface area contributed by atoms with Crippen molar-refractivity contribution in [2.75, 3.05) is 4.43 Å². The molecule has 0 N–H and O–H groups in total. The first-order valence-corrected chi connectivity index (χ1v) is 24.8. The summed E-state index contributed by atoms with van der Waals surface area (Å²) in [4.78, 5) is 4.16. The van der Waals surface area contributed by atoms with Crippen LogP contribution in [0.4, 0.5) is 0 Å². The van der Waals surface area contributed by atoms with E-state index in [1.54, 1.807) is 36.5 Å². The van der Waals surface area contributed by atoms with E-state index >= 15 is 0 Å². The van der Waals surface area contributed by atoms with Gasteiger partial charge in [0.25, 0.3) is 0 Å². The monoisotopic (exact) mass is 813 g/mol. The number of allylic oxidation sites excluding steroid dienone is 3. The molecule has 2 heteroatoms. The van der Waals surface area contributed by atoms with E-state index in [1.165, 1.54) is 44.1 Å². The van der Waals surface area contributed by atoms with Gasteiger partial charge in [-0.1, -0.05) is 122 Å². The van der Waals surface area contributed by atoms with Gasteiger partial charge in [0.05, 0.1) is 0 Å². The zero-order valence-electron chi connectivity index (χ0n) is 38.1. The second-order valence-electron chi connectivity index (χ2n) is 13.8. The first kappa shape index (κ1) is 56.2. The van der Waals surface area contributed by atoms with Crippen molar-refractivity contribution in [2.45, 2.75) is 219 Å². The van der Waals surface area contributed by atoms with Gasteiger partial charge in [-0.2, -0.15) is 0 Å². The largest absolute Gasteiger partial charge is 0.0683 e. The van der Waals surface area contributed by atoms with Crippen molar-refractivity contribution in [3.8, 4) is 11.8 Å². The fourth-order valence-electron chi connectivity index (χ4n) is 8.31. The number of halogens is 1. The van der Waals surface area contributed by atoms with Crippen LogP contribution in [0.3, 0.4) is 0 Å². The van der Waals surface area contributed by atoms with Gasteiger partial charge in [-0.25, -0.2) is 0 Å². The number of aliphatic imine (C=N–C) groups is 1. The minimum atomic E-state index is 0.416. The Balaban J connectivity index is -0.000000356. The van der Waals surface area contributed by atoms with Crippen LogP contribution in [0.1, 0.15) is 215 Å². The first-order valence-electron chi connectivity index (χ1n) is 22.0. The molecule has 1 saturated heterocycles. The third-order valence-electron chi connectivity index (χ3n) is 10.9. The van der Waals surface area contributed by atoms with E-state index in [4.69, 9.17) is 0 Å². The molecule has 300 valence electrons. The normalized spacial score (nSPS) is 30.2. The van der Waals surface area contributed by atoms with Crippen LogP contribution < -0.4 is 21.2 Å². The molecule has 8 atom stereocenters. The number of nitrogens with zero attached hydrogens (tertiary/aromatic N) is 1. The van der Waals surface area contributed by atoms with Gasteiger partial charge in [-0.3, -0.25) is 4.99 Å². The molecule has 0 aromatic heterocycles. The van der Waals surface area contributed by atoms with E-state index in [9.17, 15) is 0 Å². The van der Waals surface area contributed by atoms with Gasteiger partial charge in [0.15, 0.2) is 0 Å². The third-order valence-corrected chi connectivity index (χ3v) is 15.5. The molecule has 0 aromatic rings. The number of unbranched alkanes of at least 4 members (excludes halogenated alkanes) is 1. The number of hydrogen-bond donors (Lipinski definition) is 0. The molecule has 0 spiro atoms. The number of hydrogen-bond acceptors (Lipinski definition) is 1. The third kappa shape index (κ3) is 19.0. The topological polar surface area (TPSA) is 12.4 Å². The maximum Gasteiger partial charge on any atom is -0.0564 e. The Morgan fingerprint density at radius 2 is 1.34 bits per heavy atom. The zero-order valence-corrected chi connectivity index (χ0v) is 40.2. The van der Waals surface area contributed by atoms with Gasteiger partial charge in [-0.15, -0.1) is 0 Å². The van der Waals surface area contributed by atoms with Crippen molar-refractivity contribution in [3.05, 3.63) is 23.9 Å². The molecule has 1 nitrogen and oxygen atoms in total. The summed E-state index contributed by atoms with van der Waals surface area (Å²) < 4.78 is 2.68. The van der Waals surface area contributed by atoms with Gasteiger partial charge in [-0.05, 0) is 19.3 Å². The van der Waals surface area contributed by atoms with Gasteiger partial charge in [0, 0.05) is 12.6 Å². The Bertz CT molecular complexity index is 888. The molecule has 4 rings (SSSR count). The van der Waals surface area contributed by atoms with E-state index < -0.39 is 0 Å². The van der Waals surface area contributed by atoms with Crippen molar-refractivity contribution in [3.63, 3.8) is 0 Å². The molecule has 3 saturated carbocycles. The summed E-state index contributed by atoms with van der Waals surface area (Å²) in [6.07, 6.45) is 22.0. The standard InChI is InChI=1S/C24H40I.C10H15N.C4H10.5C2H6/c1-6-23(4)12-9-18-17(15-23)7-8-20-19(18)10-13-24(5)21(16(2)3)11-14-25-22(20)24;1-4-7-8-10(6-3)11-9-5-2;1-3-4-2;5*1-2/h17-22H,2,6-15H2,1,3-5H3;6,9H,4-5H2,1-3H3;3-4H2,1-2H3;5*1-2H3/q-1;;;;;;;/b;10-6-,11-9?;;;;;;/t17?,18?,19?,20?,21?,22?,23-,24?;;;;;;;/m0......./s1. The quantitative estimate of drug-likeness (QED) is 0.0862. The van der Waals surface area contributed by atoms with Crippen LogP contribution in [-0.2, 0) is 0 Å². The van der Waals surface area contributed by atoms with Crippen LogP contribution in [0.15, 0.2) is 28.9 Å². The molecule has 1 aliphatic heterocycles. The number of rotatable bonds is 5. The first-order chi connectivity index (χ1) is 24.1. The molecule has 50 heavy (non-hydrogen) atoms. The van der Waals surface area contributed by atoms with Crippen molar-refractivity contribution in [1.82, 2.24) is 0 Å². The minimum Gasteiger partial charge on any atom is -0.0683 e. The van der Waals surface area contributed by atoms with Crippen LogP contribution in [0.25, 0.3) is 0 Å². The van der Waals surface area contributed by atoms with E-state index in [0.717, 1.165) is 52.1 Å². The van der Waals surface area contributed by atoms with Crippen molar-refractivity contribution < 1.29 is 21.2 Å². The average Bonchev–Trinajstić information content (AvgIpc) is 3.18. The second-order valence-corrected chi connectivity index (χ2v) is 17.1. The predicted molar refractivity (Wildman–Crippen MR) is 232 cm³/mol. The zero-order chi connectivity index (χ0) is 39.8. The maximum absolute atomic E-state index is 4.42. The molecule has 0 amide bonds. The Hall–Kier alpha value is -0.560. The van der Waals surface area contributed by atoms with Crippen molar-refractivity contribution in [1.29, 1.82) is 0 Å². The average molecular weight is 813 g/mol. The molecule has 4 aliphatic rings. The smallest absolute Gasteiger partial charge is 0.0564 e. The van der Waals surface area contributed by atoms with Gasteiger partial charge in [0.2, 0.25) is 0 Å². The fraction of sp³-hybridized carbons (Fsp3) is 0.854. The van der Waals surface area contributed by atoms with E-state index in [0.29, 0.717) is 32.0 Å². The summed E-state index contributed by atoms with van der Waals surface area (Å²) in [6.45, 7) is 44.9. The molecule has 3 aliphatic carbocycles. The summed E-state index contributed by atoms with van der Waals surface area (Å²) in [5.41, 5.74) is 3.66. The Kier molecular flexibility index (Phi) is 39.9. The molecule has 0 radical (unpaired) electrons.